The van der Waals surface area contributed by atoms with E-state index in [2.05, 4.69) is 18.2 Å². The van der Waals surface area contributed by atoms with E-state index in [1.807, 2.05) is 24.3 Å². The third-order valence-corrected chi connectivity index (χ3v) is 4.35. The van der Waals surface area contributed by atoms with E-state index >= 15 is 0 Å². The summed E-state index contributed by atoms with van der Waals surface area (Å²) in [5.74, 6) is -0.425. The smallest absolute Gasteiger partial charge is 0.246 e. The van der Waals surface area contributed by atoms with Gasteiger partial charge in [0, 0.05) is 10.9 Å². The number of carbonyl (C=O) groups excluding carboxylic acids is 1. The Bertz CT molecular complexity index is 667. The van der Waals surface area contributed by atoms with Crippen molar-refractivity contribution in [3.8, 4) is 11.1 Å². The van der Waals surface area contributed by atoms with Crippen molar-refractivity contribution in [2.75, 3.05) is 0 Å². The molecule has 2 N–H and O–H groups in total. The lowest BCUT2D eigenvalue weighted by Crippen LogP contribution is -2.31. The molecule has 0 heterocycles. The number of rotatable bonds is 2. The van der Waals surface area contributed by atoms with Crippen molar-refractivity contribution in [1.82, 2.24) is 5.48 Å². The van der Waals surface area contributed by atoms with Crippen LogP contribution in [0.3, 0.4) is 0 Å². The highest BCUT2D eigenvalue weighted by Gasteiger charge is 2.24. The molecule has 1 aliphatic rings. The quantitative estimate of drug-likeness (QED) is 0.657. The summed E-state index contributed by atoms with van der Waals surface area (Å²) in [6.45, 7) is 0. The number of aryl methyl sites for hydroxylation is 1. The van der Waals surface area contributed by atoms with Crippen molar-refractivity contribution in [2.24, 2.45) is 5.92 Å². The summed E-state index contributed by atoms with van der Waals surface area (Å²) >= 11 is 5.92. The Labute approximate surface area is 128 Å². The molecule has 4 heteroatoms. The third kappa shape index (κ3) is 2.94. The van der Waals surface area contributed by atoms with Crippen LogP contribution in [0.1, 0.15) is 17.5 Å². The van der Waals surface area contributed by atoms with E-state index < -0.39 is 0 Å². The lowest BCUT2D eigenvalue weighted by Gasteiger charge is -2.23. The van der Waals surface area contributed by atoms with Gasteiger partial charge in [-0.05, 0) is 53.6 Å². The highest BCUT2D eigenvalue weighted by molar-refractivity contribution is 6.30. The largest absolute Gasteiger partial charge is 0.289 e. The number of carbonyl (C=O) groups is 1. The average Bonchev–Trinajstić information content (AvgIpc) is 2.54. The van der Waals surface area contributed by atoms with E-state index in [4.69, 9.17) is 16.8 Å². The van der Waals surface area contributed by atoms with E-state index in [1.54, 1.807) is 5.48 Å². The maximum atomic E-state index is 11.5. The Morgan fingerprint density at radius 1 is 1.10 bits per heavy atom. The Balaban J connectivity index is 1.86. The normalized spacial score (nSPS) is 17.1. The Morgan fingerprint density at radius 2 is 1.81 bits per heavy atom. The zero-order valence-electron chi connectivity index (χ0n) is 11.5. The maximum Gasteiger partial charge on any atom is 0.246 e. The summed E-state index contributed by atoms with van der Waals surface area (Å²) in [7, 11) is 0. The van der Waals surface area contributed by atoms with Crippen LogP contribution >= 0.6 is 11.6 Å². The molecule has 0 bridgehead atoms. The molecule has 1 unspecified atom stereocenters. The van der Waals surface area contributed by atoms with Gasteiger partial charge < -0.3 is 0 Å². The van der Waals surface area contributed by atoms with Gasteiger partial charge in [0.25, 0.3) is 0 Å². The molecular weight excluding hydrogens is 286 g/mol. The maximum absolute atomic E-state index is 11.5. The summed E-state index contributed by atoms with van der Waals surface area (Å²) < 4.78 is 0. The van der Waals surface area contributed by atoms with Gasteiger partial charge in [-0.15, -0.1) is 0 Å². The van der Waals surface area contributed by atoms with Gasteiger partial charge in [0.15, 0.2) is 0 Å². The number of hydroxylamine groups is 1. The van der Waals surface area contributed by atoms with Crippen molar-refractivity contribution < 1.29 is 10.0 Å². The molecule has 0 saturated carbocycles. The van der Waals surface area contributed by atoms with E-state index in [0.717, 1.165) is 29.0 Å². The zero-order chi connectivity index (χ0) is 14.8. The summed E-state index contributed by atoms with van der Waals surface area (Å²) in [6.07, 6.45) is 2.31. The molecule has 0 saturated heterocycles. The van der Waals surface area contributed by atoms with Gasteiger partial charge in [-0.25, -0.2) is 5.48 Å². The first kappa shape index (κ1) is 14.1. The first-order valence-electron chi connectivity index (χ1n) is 6.99. The van der Waals surface area contributed by atoms with E-state index in [1.165, 1.54) is 11.1 Å². The fraction of sp³-hybridized carbons (Fsp3) is 0.235. The van der Waals surface area contributed by atoms with E-state index in [-0.39, 0.29) is 11.8 Å². The van der Waals surface area contributed by atoms with Gasteiger partial charge in [0.2, 0.25) is 5.91 Å². The van der Waals surface area contributed by atoms with Crippen molar-refractivity contribution in [3.63, 3.8) is 0 Å². The van der Waals surface area contributed by atoms with Crippen molar-refractivity contribution >= 4 is 17.5 Å². The predicted molar refractivity (Wildman–Crippen MR) is 82.3 cm³/mol. The minimum absolute atomic E-state index is 0.135. The Hall–Kier alpha value is -1.84. The number of hydrogen-bond acceptors (Lipinski definition) is 2. The molecule has 0 spiro atoms. The minimum Gasteiger partial charge on any atom is -0.289 e. The second-order valence-corrected chi connectivity index (χ2v) is 5.84. The highest BCUT2D eigenvalue weighted by atomic mass is 35.5. The monoisotopic (exact) mass is 301 g/mol. The van der Waals surface area contributed by atoms with Crippen LogP contribution in [-0.2, 0) is 17.6 Å². The van der Waals surface area contributed by atoms with Crippen molar-refractivity contribution in [2.45, 2.75) is 19.3 Å². The molecule has 0 fully saturated rings. The van der Waals surface area contributed by atoms with Gasteiger partial charge in [0.05, 0.1) is 0 Å². The molecule has 1 atom stereocenters. The van der Waals surface area contributed by atoms with Gasteiger partial charge >= 0.3 is 0 Å². The molecule has 0 aliphatic heterocycles. The van der Waals surface area contributed by atoms with E-state index in [0.29, 0.717) is 6.42 Å². The molecular formula is C17H16ClNO2. The van der Waals surface area contributed by atoms with Crippen molar-refractivity contribution in [1.29, 1.82) is 0 Å². The SMILES string of the molecule is O=C(NO)C1CCc2cc(-c3ccc(Cl)cc3)ccc2C1. The second-order valence-electron chi connectivity index (χ2n) is 5.41. The van der Waals surface area contributed by atoms with Gasteiger partial charge in [-0.1, -0.05) is 41.9 Å². The highest BCUT2D eigenvalue weighted by Crippen LogP contribution is 2.30. The molecule has 108 valence electrons. The standard InChI is InChI=1S/C17H16ClNO2/c18-16-7-5-11(6-8-16)12-1-2-14-10-15(17(20)19-21)4-3-13(14)9-12/h1-2,5-9,15,21H,3-4,10H2,(H,19,20). The fourth-order valence-corrected chi connectivity index (χ4v) is 3.02. The van der Waals surface area contributed by atoms with E-state index in [9.17, 15) is 4.79 Å². The van der Waals surface area contributed by atoms with Crippen LogP contribution in [-0.4, -0.2) is 11.1 Å². The molecule has 2 aromatic rings. The summed E-state index contributed by atoms with van der Waals surface area (Å²) in [4.78, 5) is 11.5. The van der Waals surface area contributed by atoms with Gasteiger partial charge in [-0.2, -0.15) is 0 Å². The summed E-state index contributed by atoms with van der Waals surface area (Å²) in [6, 6.07) is 14.1. The number of benzene rings is 2. The molecule has 3 rings (SSSR count). The number of halogens is 1. The zero-order valence-corrected chi connectivity index (χ0v) is 12.2. The van der Waals surface area contributed by atoms with Crippen LogP contribution in [0.25, 0.3) is 11.1 Å². The molecule has 1 aliphatic carbocycles. The Morgan fingerprint density at radius 3 is 2.52 bits per heavy atom. The number of hydrogen-bond donors (Lipinski definition) is 2. The predicted octanol–water partition coefficient (Wildman–Crippen LogP) is 3.62. The fourth-order valence-electron chi connectivity index (χ4n) is 2.89. The molecule has 0 aromatic heterocycles. The minimum atomic E-state index is -0.289. The first-order chi connectivity index (χ1) is 10.2. The lowest BCUT2D eigenvalue weighted by atomic mass is 9.82. The average molecular weight is 302 g/mol. The number of fused-ring (bicyclic) bond motifs is 1. The molecule has 3 nitrogen and oxygen atoms in total. The molecule has 1 amide bonds. The van der Waals surface area contributed by atoms with Crippen LogP contribution < -0.4 is 5.48 Å². The molecule has 2 aromatic carbocycles. The van der Waals surface area contributed by atoms with Crippen LogP contribution in [0, 0.1) is 5.92 Å². The van der Waals surface area contributed by atoms with Gasteiger partial charge in [-0.3, -0.25) is 10.0 Å². The Kier molecular flexibility index (Phi) is 3.95. The second kappa shape index (κ2) is 5.88. The number of nitrogens with one attached hydrogen (secondary N) is 1. The summed E-state index contributed by atoms with van der Waals surface area (Å²) in [5.41, 5.74) is 6.52. The third-order valence-electron chi connectivity index (χ3n) is 4.09. The van der Waals surface area contributed by atoms with Crippen LogP contribution in [0.5, 0.6) is 0 Å². The van der Waals surface area contributed by atoms with Crippen LogP contribution in [0.4, 0.5) is 0 Å². The summed E-state index contributed by atoms with van der Waals surface area (Å²) in [5, 5.41) is 9.47. The topological polar surface area (TPSA) is 49.3 Å². The number of amides is 1. The van der Waals surface area contributed by atoms with Crippen molar-refractivity contribution in [3.05, 3.63) is 58.6 Å². The molecule has 21 heavy (non-hydrogen) atoms. The van der Waals surface area contributed by atoms with Gasteiger partial charge in [0.1, 0.15) is 0 Å². The lowest BCUT2D eigenvalue weighted by molar-refractivity contribution is -0.133. The first-order valence-corrected chi connectivity index (χ1v) is 7.37. The van der Waals surface area contributed by atoms with Crippen LogP contribution in [0.2, 0.25) is 5.02 Å². The van der Waals surface area contributed by atoms with Crippen LogP contribution in [0.15, 0.2) is 42.5 Å². The molecule has 0 radical (unpaired) electrons.